The average Bonchev–Trinajstić information content (AvgIpc) is 3.18. The number of hydrogen-bond donors (Lipinski definition) is 1. The number of amides is 1. The van der Waals surface area contributed by atoms with Crippen LogP contribution in [0.15, 0.2) is 58.8 Å². The summed E-state index contributed by atoms with van der Waals surface area (Å²) in [6, 6.07) is 14.2. The third-order valence-electron chi connectivity index (χ3n) is 4.04. The summed E-state index contributed by atoms with van der Waals surface area (Å²) >= 11 is 3.16. The largest absolute Gasteiger partial charge is 0.493 e. The summed E-state index contributed by atoms with van der Waals surface area (Å²) in [5.74, 6) is 1.40. The topological polar surface area (TPSA) is 51.2 Å². The van der Waals surface area contributed by atoms with Gasteiger partial charge >= 0.3 is 0 Å². The Hall–Kier alpha value is -2.38. The molecule has 1 aromatic heterocycles. The van der Waals surface area contributed by atoms with Crippen LogP contribution in [0, 0.1) is 5.82 Å². The summed E-state index contributed by atoms with van der Waals surface area (Å²) in [6.45, 7) is 3.15. The Morgan fingerprint density at radius 2 is 2.00 bits per heavy atom. The van der Waals surface area contributed by atoms with Crippen molar-refractivity contribution < 1.29 is 13.9 Å². The molecule has 0 aliphatic rings. The minimum Gasteiger partial charge on any atom is -0.493 e. The molecule has 0 saturated carbocycles. The Bertz CT molecular complexity index is 929. The third kappa shape index (κ3) is 6.58. The van der Waals surface area contributed by atoms with Crippen LogP contribution in [0.5, 0.6) is 5.75 Å². The molecule has 1 amide bonds. The number of benzene rings is 2. The van der Waals surface area contributed by atoms with Crippen molar-refractivity contribution in [2.75, 3.05) is 18.9 Å². The van der Waals surface area contributed by atoms with Gasteiger partial charge in [0.15, 0.2) is 0 Å². The molecule has 4 nitrogen and oxygen atoms in total. The number of carbonyl (C=O) groups excluding carboxylic acids is 1. The van der Waals surface area contributed by atoms with Crippen LogP contribution < -0.4 is 10.1 Å². The molecule has 0 aliphatic heterocycles. The van der Waals surface area contributed by atoms with Gasteiger partial charge in [0, 0.05) is 16.8 Å². The van der Waals surface area contributed by atoms with Crippen molar-refractivity contribution in [3.05, 3.63) is 65.4 Å². The van der Waals surface area contributed by atoms with Crippen LogP contribution in [0.4, 0.5) is 4.39 Å². The van der Waals surface area contributed by atoms with E-state index in [9.17, 15) is 9.18 Å². The highest BCUT2D eigenvalue weighted by molar-refractivity contribution is 7.99. The molecule has 2 aromatic carbocycles. The van der Waals surface area contributed by atoms with Gasteiger partial charge in [0.05, 0.1) is 24.3 Å². The van der Waals surface area contributed by atoms with Gasteiger partial charge < -0.3 is 10.1 Å². The standard InChI is InChI=1S/C22H23FN2O2S2/c1-2-27-20-7-4-3-6-19(20)22-25-17(15-29-22)14-21(26)24-12-5-13-28-18-10-8-16(23)9-11-18/h3-4,6-11,15H,2,5,12-14H2,1H3,(H,24,26). The number of aromatic nitrogens is 1. The van der Waals surface area contributed by atoms with Crippen LogP contribution in [0.25, 0.3) is 10.6 Å². The van der Waals surface area contributed by atoms with Gasteiger partial charge in [-0.25, -0.2) is 9.37 Å². The van der Waals surface area contributed by atoms with Gasteiger partial charge in [-0.3, -0.25) is 4.79 Å². The van der Waals surface area contributed by atoms with Crippen molar-refractivity contribution in [3.8, 4) is 16.3 Å². The number of ether oxygens (including phenoxy) is 1. The fraction of sp³-hybridized carbons (Fsp3) is 0.273. The minimum absolute atomic E-state index is 0.0354. The predicted octanol–water partition coefficient (Wildman–Crippen LogP) is 5.19. The lowest BCUT2D eigenvalue weighted by Gasteiger charge is -2.07. The van der Waals surface area contributed by atoms with Gasteiger partial charge in [0.2, 0.25) is 5.91 Å². The maximum absolute atomic E-state index is 12.9. The van der Waals surface area contributed by atoms with Crippen molar-refractivity contribution in [1.29, 1.82) is 0 Å². The van der Waals surface area contributed by atoms with Gasteiger partial charge in [-0.1, -0.05) is 12.1 Å². The molecule has 1 N–H and O–H groups in total. The van der Waals surface area contributed by atoms with E-state index in [1.807, 2.05) is 36.6 Å². The van der Waals surface area contributed by atoms with E-state index >= 15 is 0 Å². The molecule has 152 valence electrons. The first kappa shape index (κ1) is 21.3. The maximum atomic E-state index is 12.9. The first-order valence-corrected chi connectivity index (χ1v) is 11.3. The zero-order valence-corrected chi connectivity index (χ0v) is 17.8. The lowest BCUT2D eigenvalue weighted by atomic mass is 10.2. The summed E-state index contributed by atoms with van der Waals surface area (Å²) in [5, 5.41) is 5.71. The van der Waals surface area contributed by atoms with Gasteiger partial charge in [0.25, 0.3) is 0 Å². The van der Waals surface area contributed by atoms with Crippen LogP contribution in [0.1, 0.15) is 19.0 Å². The number of para-hydroxylation sites is 1. The molecule has 7 heteroatoms. The molecule has 0 fully saturated rings. The van der Waals surface area contributed by atoms with Gasteiger partial charge in [-0.05, 0) is 55.5 Å². The fourth-order valence-corrected chi connectivity index (χ4v) is 4.39. The number of nitrogens with zero attached hydrogens (tertiary/aromatic N) is 1. The Kier molecular flexibility index (Phi) is 8.07. The normalized spacial score (nSPS) is 10.7. The lowest BCUT2D eigenvalue weighted by molar-refractivity contribution is -0.120. The lowest BCUT2D eigenvalue weighted by Crippen LogP contribution is -2.26. The van der Waals surface area contributed by atoms with E-state index in [0.29, 0.717) is 13.2 Å². The maximum Gasteiger partial charge on any atom is 0.226 e. The van der Waals surface area contributed by atoms with Crippen LogP contribution in [0.2, 0.25) is 0 Å². The molecule has 0 atom stereocenters. The Morgan fingerprint density at radius 3 is 2.79 bits per heavy atom. The zero-order chi connectivity index (χ0) is 20.5. The smallest absolute Gasteiger partial charge is 0.226 e. The highest BCUT2D eigenvalue weighted by Gasteiger charge is 2.12. The number of halogens is 1. The van der Waals surface area contributed by atoms with Crippen molar-refractivity contribution in [1.82, 2.24) is 10.3 Å². The average molecular weight is 431 g/mol. The molecule has 0 radical (unpaired) electrons. The Morgan fingerprint density at radius 1 is 1.21 bits per heavy atom. The Balaban J connectivity index is 1.43. The SMILES string of the molecule is CCOc1ccccc1-c1nc(CC(=O)NCCCSc2ccc(F)cc2)cs1. The van der Waals surface area contributed by atoms with Gasteiger partial charge in [-0.15, -0.1) is 23.1 Å². The third-order valence-corrected chi connectivity index (χ3v) is 6.06. The van der Waals surface area contributed by atoms with Crippen LogP contribution in [-0.4, -0.2) is 29.8 Å². The molecule has 0 spiro atoms. The van der Waals surface area contributed by atoms with Crippen LogP contribution in [-0.2, 0) is 11.2 Å². The van der Waals surface area contributed by atoms with E-state index < -0.39 is 0 Å². The van der Waals surface area contributed by atoms with E-state index in [1.54, 1.807) is 23.9 Å². The summed E-state index contributed by atoms with van der Waals surface area (Å²) in [4.78, 5) is 17.8. The van der Waals surface area contributed by atoms with Crippen molar-refractivity contribution in [2.45, 2.75) is 24.7 Å². The number of nitrogens with one attached hydrogen (secondary N) is 1. The molecule has 0 bridgehead atoms. The molecule has 3 rings (SSSR count). The van der Waals surface area contributed by atoms with Crippen molar-refractivity contribution >= 4 is 29.0 Å². The van der Waals surface area contributed by atoms with Gasteiger partial charge in [-0.2, -0.15) is 0 Å². The summed E-state index contributed by atoms with van der Waals surface area (Å²) < 4.78 is 18.5. The molecule has 1 heterocycles. The van der Waals surface area contributed by atoms with Crippen molar-refractivity contribution in [3.63, 3.8) is 0 Å². The molecule has 29 heavy (non-hydrogen) atoms. The van der Waals surface area contributed by atoms with E-state index in [1.165, 1.54) is 23.5 Å². The summed E-state index contributed by atoms with van der Waals surface area (Å²) in [7, 11) is 0. The van der Waals surface area contributed by atoms with E-state index in [-0.39, 0.29) is 18.1 Å². The fourth-order valence-electron chi connectivity index (χ4n) is 2.68. The minimum atomic E-state index is -0.229. The number of thioether (sulfide) groups is 1. The number of thiazole rings is 1. The number of carbonyl (C=O) groups is 1. The molecule has 3 aromatic rings. The molecular formula is C22H23FN2O2S2. The highest BCUT2D eigenvalue weighted by Crippen LogP contribution is 2.32. The second-order valence-corrected chi connectivity index (χ2v) is 8.28. The van der Waals surface area contributed by atoms with E-state index in [0.717, 1.165) is 39.1 Å². The monoisotopic (exact) mass is 430 g/mol. The first-order chi connectivity index (χ1) is 14.2. The zero-order valence-electron chi connectivity index (χ0n) is 16.2. The van der Waals surface area contributed by atoms with Crippen LogP contribution in [0.3, 0.4) is 0 Å². The summed E-state index contributed by atoms with van der Waals surface area (Å²) in [5.41, 5.74) is 1.71. The second-order valence-electron chi connectivity index (χ2n) is 6.26. The first-order valence-electron chi connectivity index (χ1n) is 9.47. The van der Waals surface area contributed by atoms with Gasteiger partial charge in [0.1, 0.15) is 16.6 Å². The number of rotatable bonds is 10. The number of hydrogen-bond acceptors (Lipinski definition) is 5. The molecule has 0 saturated heterocycles. The molecule has 0 unspecified atom stereocenters. The van der Waals surface area contributed by atoms with E-state index in [2.05, 4.69) is 10.3 Å². The van der Waals surface area contributed by atoms with E-state index in [4.69, 9.17) is 4.74 Å². The predicted molar refractivity (Wildman–Crippen MR) is 117 cm³/mol. The molecule has 0 aliphatic carbocycles. The quantitative estimate of drug-likeness (QED) is 0.355. The van der Waals surface area contributed by atoms with Crippen LogP contribution >= 0.6 is 23.1 Å². The highest BCUT2D eigenvalue weighted by atomic mass is 32.2. The second kappa shape index (κ2) is 11.0. The van der Waals surface area contributed by atoms with Crippen molar-refractivity contribution in [2.24, 2.45) is 0 Å². The summed E-state index contributed by atoms with van der Waals surface area (Å²) in [6.07, 6.45) is 1.11. The molecular weight excluding hydrogens is 407 g/mol. The Labute approximate surface area is 178 Å².